The average molecular weight is 247 g/mol. The maximum atomic E-state index is 12.8. The Labute approximate surface area is 102 Å². The first-order chi connectivity index (χ1) is 8.50. The fourth-order valence-corrected chi connectivity index (χ4v) is 1.71. The fourth-order valence-electron chi connectivity index (χ4n) is 1.71. The van der Waals surface area contributed by atoms with E-state index in [0.717, 1.165) is 0 Å². The zero-order valence-electron chi connectivity index (χ0n) is 9.55. The van der Waals surface area contributed by atoms with Gasteiger partial charge in [-0.2, -0.15) is 0 Å². The number of carboxylic acids is 1. The van der Waals surface area contributed by atoms with E-state index < -0.39 is 11.5 Å². The van der Waals surface area contributed by atoms with Crippen LogP contribution in [0.15, 0.2) is 41.2 Å². The SMILES string of the molecule is Cn1c(-c2ccc(F)cc2)ccc(C(=O)O)c1=O. The van der Waals surface area contributed by atoms with Crippen molar-refractivity contribution in [1.82, 2.24) is 4.57 Å². The third kappa shape index (κ3) is 2.02. The van der Waals surface area contributed by atoms with Crippen LogP contribution in [0.1, 0.15) is 10.4 Å². The smallest absolute Gasteiger partial charge is 0.341 e. The van der Waals surface area contributed by atoms with E-state index in [2.05, 4.69) is 0 Å². The molecule has 0 saturated heterocycles. The summed E-state index contributed by atoms with van der Waals surface area (Å²) >= 11 is 0. The van der Waals surface area contributed by atoms with Gasteiger partial charge in [0.25, 0.3) is 5.56 Å². The fraction of sp³-hybridized carbons (Fsp3) is 0.0769. The largest absolute Gasteiger partial charge is 0.477 e. The summed E-state index contributed by atoms with van der Waals surface area (Å²) in [6.45, 7) is 0. The molecule has 18 heavy (non-hydrogen) atoms. The second-order valence-electron chi connectivity index (χ2n) is 3.81. The molecule has 1 heterocycles. The van der Waals surface area contributed by atoms with Crippen LogP contribution in [0, 0.1) is 5.82 Å². The molecule has 4 nitrogen and oxygen atoms in total. The summed E-state index contributed by atoms with van der Waals surface area (Å²) in [4.78, 5) is 22.6. The molecule has 0 amide bonds. The van der Waals surface area contributed by atoms with Gasteiger partial charge in [-0.05, 0) is 42.0 Å². The molecule has 0 atom stereocenters. The first-order valence-corrected chi connectivity index (χ1v) is 5.20. The number of hydrogen-bond acceptors (Lipinski definition) is 2. The lowest BCUT2D eigenvalue weighted by atomic mass is 10.1. The molecule has 92 valence electrons. The Morgan fingerprint density at radius 3 is 2.33 bits per heavy atom. The van der Waals surface area contributed by atoms with Crippen LogP contribution >= 0.6 is 0 Å². The lowest BCUT2D eigenvalue weighted by molar-refractivity contribution is 0.0694. The Bertz CT molecular complexity index is 659. The summed E-state index contributed by atoms with van der Waals surface area (Å²) in [6, 6.07) is 8.41. The molecule has 2 rings (SSSR count). The highest BCUT2D eigenvalue weighted by Gasteiger charge is 2.12. The van der Waals surface area contributed by atoms with E-state index >= 15 is 0 Å². The molecule has 0 unspecified atom stereocenters. The molecule has 1 N–H and O–H groups in total. The van der Waals surface area contributed by atoms with E-state index in [9.17, 15) is 14.0 Å². The normalized spacial score (nSPS) is 10.3. The maximum absolute atomic E-state index is 12.8. The molecule has 0 bridgehead atoms. The number of aromatic nitrogens is 1. The minimum atomic E-state index is -1.26. The maximum Gasteiger partial charge on any atom is 0.341 e. The van der Waals surface area contributed by atoms with Crippen LogP contribution in [0.3, 0.4) is 0 Å². The van der Waals surface area contributed by atoms with Crippen molar-refractivity contribution in [3.05, 3.63) is 58.1 Å². The van der Waals surface area contributed by atoms with E-state index in [1.165, 1.54) is 48.0 Å². The third-order valence-electron chi connectivity index (χ3n) is 2.67. The minimum absolute atomic E-state index is 0.289. The number of carboxylic acid groups (broad SMARTS) is 1. The zero-order chi connectivity index (χ0) is 13.3. The van der Waals surface area contributed by atoms with Crippen molar-refractivity contribution in [3.63, 3.8) is 0 Å². The van der Waals surface area contributed by atoms with E-state index in [1.807, 2.05) is 0 Å². The van der Waals surface area contributed by atoms with Crippen LogP contribution in [-0.4, -0.2) is 15.6 Å². The van der Waals surface area contributed by atoms with Crippen molar-refractivity contribution >= 4 is 5.97 Å². The molecule has 0 saturated carbocycles. The van der Waals surface area contributed by atoms with Gasteiger partial charge in [0.15, 0.2) is 0 Å². The molecule has 1 aromatic heterocycles. The number of hydrogen-bond donors (Lipinski definition) is 1. The van der Waals surface area contributed by atoms with Crippen molar-refractivity contribution in [2.24, 2.45) is 7.05 Å². The van der Waals surface area contributed by atoms with Crippen molar-refractivity contribution in [3.8, 4) is 11.3 Å². The van der Waals surface area contributed by atoms with Crippen LogP contribution in [0.2, 0.25) is 0 Å². The average Bonchev–Trinajstić information content (AvgIpc) is 2.33. The molecule has 0 aliphatic carbocycles. The van der Waals surface area contributed by atoms with Crippen LogP contribution < -0.4 is 5.56 Å². The lowest BCUT2D eigenvalue weighted by Gasteiger charge is -2.09. The molecular formula is C13H10FNO3. The highest BCUT2D eigenvalue weighted by Crippen LogP contribution is 2.17. The molecular weight excluding hydrogens is 237 g/mol. The van der Waals surface area contributed by atoms with Crippen molar-refractivity contribution in [2.45, 2.75) is 0 Å². The van der Waals surface area contributed by atoms with Gasteiger partial charge in [0, 0.05) is 7.05 Å². The van der Waals surface area contributed by atoms with Gasteiger partial charge in [-0.3, -0.25) is 4.79 Å². The summed E-state index contributed by atoms with van der Waals surface area (Å²) in [5, 5.41) is 8.83. The first-order valence-electron chi connectivity index (χ1n) is 5.20. The van der Waals surface area contributed by atoms with E-state index in [4.69, 9.17) is 5.11 Å². The van der Waals surface area contributed by atoms with Crippen molar-refractivity contribution < 1.29 is 14.3 Å². The molecule has 5 heteroatoms. The number of halogens is 1. The standard InChI is InChI=1S/C13H10FNO3/c1-15-11(8-2-4-9(14)5-3-8)7-6-10(12(15)16)13(17)18/h2-7H,1H3,(H,17,18). The minimum Gasteiger partial charge on any atom is -0.477 e. The summed E-state index contributed by atoms with van der Waals surface area (Å²) in [6.07, 6.45) is 0. The Kier molecular flexibility index (Phi) is 2.97. The highest BCUT2D eigenvalue weighted by atomic mass is 19.1. The number of carbonyl (C=O) groups is 1. The molecule has 0 fully saturated rings. The van der Waals surface area contributed by atoms with E-state index in [-0.39, 0.29) is 11.4 Å². The van der Waals surface area contributed by atoms with Gasteiger partial charge in [-0.25, -0.2) is 9.18 Å². The molecule has 0 aliphatic heterocycles. The Morgan fingerprint density at radius 1 is 1.17 bits per heavy atom. The van der Waals surface area contributed by atoms with E-state index in [0.29, 0.717) is 11.3 Å². The molecule has 1 aromatic carbocycles. The van der Waals surface area contributed by atoms with Gasteiger partial charge in [0.1, 0.15) is 11.4 Å². The van der Waals surface area contributed by atoms with Crippen molar-refractivity contribution in [2.75, 3.05) is 0 Å². The van der Waals surface area contributed by atoms with E-state index in [1.54, 1.807) is 0 Å². The zero-order valence-corrected chi connectivity index (χ0v) is 9.55. The van der Waals surface area contributed by atoms with Gasteiger partial charge in [-0.15, -0.1) is 0 Å². The quantitative estimate of drug-likeness (QED) is 0.881. The third-order valence-corrected chi connectivity index (χ3v) is 2.67. The summed E-state index contributed by atoms with van der Waals surface area (Å²) in [7, 11) is 1.48. The second-order valence-corrected chi connectivity index (χ2v) is 3.81. The molecule has 0 spiro atoms. The summed E-state index contributed by atoms with van der Waals surface area (Å²) in [5.41, 5.74) is 0.297. The Morgan fingerprint density at radius 2 is 1.78 bits per heavy atom. The highest BCUT2D eigenvalue weighted by molar-refractivity contribution is 5.87. The number of benzene rings is 1. The van der Waals surface area contributed by atoms with Crippen LogP contribution in [0.25, 0.3) is 11.3 Å². The van der Waals surface area contributed by atoms with Gasteiger partial charge < -0.3 is 9.67 Å². The molecule has 2 aromatic rings. The summed E-state index contributed by atoms with van der Waals surface area (Å²) in [5.74, 6) is -1.63. The first kappa shape index (κ1) is 12.0. The number of nitrogens with zero attached hydrogens (tertiary/aromatic N) is 1. The van der Waals surface area contributed by atoms with Crippen LogP contribution in [0.5, 0.6) is 0 Å². The molecule has 0 radical (unpaired) electrons. The van der Waals surface area contributed by atoms with Crippen LogP contribution in [-0.2, 0) is 7.05 Å². The Balaban J connectivity index is 2.61. The Hall–Kier alpha value is -2.43. The second kappa shape index (κ2) is 4.44. The van der Waals surface area contributed by atoms with Gasteiger partial charge >= 0.3 is 5.97 Å². The monoisotopic (exact) mass is 247 g/mol. The van der Waals surface area contributed by atoms with Crippen LogP contribution in [0.4, 0.5) is 4.39 Å². The number of rotatable bonds is 2. The molecule has 0 aliphatic rings. The number of aromatic carboxylic acids is 1. The van der Waals surface area contributed by atoms with Gasteiger partial charge in [-0.1, -0.05) is 0 Å². The van der Waals surface area contributed by atoms with Gasteiger partial charge in [0.05, 0.1) is 5.69 Å². The predicted molar refractivity (Wildman–Crippen MR) is 64.0 cm³/mol. The number of pyridine rings is 1. The predicted octanol–water partition coefficient (Wildman–Crippen LogP) is 1.89. The summed E-state index contributed by atoms with van der Waals surface area (Å²) < 4.78 is 14.0. The topological polar surface area (TPSA) is 59.3 Å². The van der Waals surface area contributed by atoms with Gasteiger partial charge in [0.2, 0.25) is 0 Å². The lowest BCUT2D eigenvalue weighted by Crippen LogP contribution is -2.25. The van der Waals surface area contributed by atoms with Crippen molar-refractivity contribution in [1.29, 1.82) is 0 Å².